The molecule has 5 heterocycles. The van der Waals surface area contributed by atoms with E-state index in [1.165, 1.54) is 0 Å². The molecule has 1 aliphatic carbocycles. The van der Waals surface area contributed by atoms with Crippen LogP contribution in [-0.4, -0.2) is 102 Å². The van der Waals surface area contributed by atoms with Crippen LogP contribution in [0.1, 0.15) is 53.0 Å². The number of aliphatic carboxylic acids is 1. The van der Waals surface area contributed by atoms with E-state index >= 15 is 0 Å². The molecule has 6 aliphatic rings. The Hall–Kier alpha value is -4.97. The number of benzene rings is 3. The molecule has 9 rings (SSSR count). The number of aryl methyl sites for hydroxylation is 1. The number of hydrogen-bond acceptors (Lipinski definition) is 15. The van der Waals surface area contributed by atoms with Crippen molar-refractivity contribution in [3.8, 4) is 28.7 Å². The highest BCUT2D eigenvalue weighted by Gasteiger charge is 2.61. The van der Waals surface area contributed by atoms with E-state index in [1.54, 1.807) is 20.3 Å². The molecule has 1 saturated heterocycles. The van der Waals surface area contributed by atoms with Crippen LogP contribution in [0, 0.1) is 0 Å². The van der Waals surface area contributed by atoms with Gasteiger partial charge in [0.1, 0.15) is 41.8 Å². The fourth-order valence-corrected chi connectivity index (χ4v) is 9.46. The van der Waals surface area contributed by atoms with Crippen molar-refractivity contribution in [2.24, 2.45) is 16.5 Å². The lowest BCUT2D eigenvalue weighted by Gasteiger charge is -2.48. The molecule has 0 amide bonds. The molecule has 16 nitrogen and oxygen atoms in total. The molecule has 5 aliphatic heterocycles. The van der Waals surface area contributed by atoms with Crippen LogP contribution in [0.2, 0.25) is 0 Å². The van der Waals surface area contributed by atoms with Crippen molar-refractivity contribution in [3.05, 3.63) is 74.8 Å². The van der Waals surface area contributed by atoms with Gasteiger partial charge >= 0.3 is 11.9 Å². The SMILES string of the molecule is COc1ccc2c(c1OC)O[C@@]13CCc4cccc5c4=C(CN=5)c4c5c(cc(c41)OC[C@@H]23)O[C@@H]1O[C@H]([C@H](OC(=O)CC(=O)O)C(N)N)[C@@H](O)[C@H](O)[C@]1(O)CC5. The monoisotopic (exact) mass is 759 g/mol. The van der Waals surface area contributed by atoms with Crippen LogP contribution in [0.3, 0.4) is 0 Å². The molecule has 0 bridgehead atoms. The summed E-state index contributed by atoms with van der Waals surface area (Å²) in [4.78, 5) is 28.5. The number of esters is 1. The van der Waals surface area contributed by atoms with E-state index in [4.69, 9.17) is 54.7 Å². The summed E-state index contributed by atoms with van der Waals surface area (Å²) in [5.74, 6) is -0.525. The van der Waals surface area contributed by atoms with E-state index in [9.17, 15) is 24.9 Å². The molecule has 16 heteroatoms. The van der Waals surface area contributed by atoms with Crippen molar-refractivity contribution in [2.75, 3.05) is 27.4 Å². The molecule has 3 aromatic carbocycles. The van der Waals surface area contributed by atoms with Crippen molar-refractivity contribution < 1.29 is 63.2 Å². The zero-order chi connectivity index (χ0) is 38.6. The van der Waals surface area contributed by atoms with Gasteiger partial charge in [-0.05, 0) is 54.5 Å². The Morgan fingerprint density at radius 2 is 1.89 bits per heavy atom. The second-order valence-electron chi connectivity index (χ2n) is 14.9. The topological polar surface area (TPSA) is 244 Å². The van der Waals surface area contributed by atoms with Gasteiger partial charge in [-0.25, -0.2) is 0 Å². The van der Waals surface area contributed by atoms with Gasteiger partial charge in [0.15, 0.2) is 23.2 Å². The van der Waals surface area contributed by atoms with Gasteiger partial charge in [0.2, 0.25) is 12.0 Å². The number of rotatable bonds is 7. The Bertz CT molecular complexity index is 2260. The lowest BCUT2D eigenvalue weighted by Crippen LogP contribution is -2.71. The van der Waals surface area contributed by atoms with Crippen LogP contribution in [0.4, 0.5) is 0 Å². The summed E-state index contributed by atoms with van der Waals surface area (Å²) in [5, 5.41) is 46.0. The quantitative estimate of drug-likeness (QED) is 0.0999. The molecule has 0 saturated carbocycles. The van der Waals surface area contributed by atoms with E-state index < -0.39 is 66.4 Å². The first kappa shape index (κ1) is 35.7. The summed E-state index contributed by atoms with van der Waals surface area (Å²) in [6.45, 7) is 0.612. The normalized spacial score (nSPS) is 29.7. The molecule has 0 radical (unpaired) electrons. The van der Waals surface area contributed by atoms with E-state index in [0.29, 0.717) is 47.9 Å². The number of carbonyl (C=O) groups excluding carboxylic acids is 1. The number of fused-ring (bicyclic) bond motifs is 6. The average molecular weight is 760 g/mol. The molecule has 0 aromatic heterocycles. The number of nitrogens with zero attached hydrogens (tertiary/aromatic N) is 1. The fraction of sp³-hybridized carbons (Fsp3) is 0.462. The third kappa shape index (κ3) is 5.16. The van der Waals surface area contributed by atoms with E-state index in [0.717, 1.165) is 38.4 Å². The van der Waals surface area contributed by atoms with Gasteiger partial charge in [-0.3, -0.25) is 14.6 Å². The predicted molar refractivity (Wildman–Crippen MR) is 188 cm³/mol. The number of nitrogens with two attached hydrogens (primary N) is 2. The molecule has 8 N–H and O–H groups in total. The Kier molecular flexibility index (Phi) is 8.31. The Balaban J connectivity index is 1.21. The van der Waals surface area contributed by atoms with Crippen LogP contribution >= 0.6 is 0 Å². The molecule has 3 aromatic rings. The third-order valence-electron chi connectivity index (χ3n) is 12.0. The van der Waals surface area contributed by atoms with Crippen LogP contribution in [0.25, 0.3) is 5.57 Å². The highest BCUT2D eigenvalue weighted by Crippen LogP contribution is 2.63. The van der Waals surface area contributed by atoms with E-state index in [-0.39, 0.29) is 31.1 Å². The van der Waals surface area contributed by atoms with Crippen molar-refractivity contribution in [1.29, 1.82) is 0 Å². The summed E-state index contributed by atoms with van der Waals surface area (Å²) < 4.78 is 43.2. The van der Waals surface area contributed by atoms with Crippen LogP contribution in [-0.2, 0) is 37.5 Å². The lowest BCUT2D eigenvalue weighted by atomic mass is 9.69. The second-order valence-corrected chi connectivity index (χ2v) is 14.9. The largest absolute Gasteiger partial charge is 0.493 e. The van der Waals surface area contributed by atoms with Gasteiger partial charge in [-0.1, -0.05) is 18.2 Å². The second kappa shape index (κ2) is 12.8. The number of carboxylic acid groups (broad SMARTS) is 1. The highest BCUT2D eigenvalue weighted by molar-refractivity contribution is 5.90. The lowest BCUT2D eigenvalue weighted by molar-refractivity contribution is -0.329. The Morgan fingerprint density at radius 1 is 1.07 bits per heavy atom. The van der Waals surface area contributed by atoms with Crippen molar-refractivity contribution >= 4 is 17.5 Å². The van der Waals surface area contributed by atoms with Gasteiger partial charge in [0.05, 0.1) is 44.8 Å². The summed E-state index contributed by atoms with van der Waals surface area (Å²) >= 11 is 0. The minimum absolute atomic E-state index is 0.137. The number of methoxy groups -OCH3 is 2. The van der Waals surface area contributed by atoms with Gasteiger partial charge in [-0.15, -0.1) is 0 Å². The summed E-state index contributed by atoms with van der Waals surface area (Å²) in [5.41, 5.74) is 14.0. The smallest absolute Gasteiger partial charge is 0.317 e. The number of aliphatic hydroxyl groups excluding tert-OH is 2. The van der Waals surface area contributed by atoms with Gasteiger partial charge in [-0.2, -0.15) is 0 Å². The maximum Gasteiger partial charge on any atom is 0.317 e. The molecule has 8 atom stereocenters. The first-order valence-corrected chi connectivity index (χ1v) is 18.2. The number of aliphatic hydroxyl groups is 3. The number of carboxylic acids is 1. The van der Waals surface area contributed by atoms with Crippen molar-refractivity contribution in [3.63, 3.8) is 0 Å². The maximum atomic E-state index is 12.4. The van der Waals surface area contributed by atoms with Crippen molar-refractivity contribution in [1.82, 2.24) is 0 Å². The Labute approximate surface area is 313 Å². The minimum Gasteiger partial charge on any atom is -0.493 e. The molecular weight excluding hydrogens is 718 g/mol. The van der Waals surface area contributed by atoms with Crippen LogP contribution in [0.15, 0.2) is 41.4 Å². The highest BCUT2D eigenvalue weighted by atomic mass is 16.7. The molecule has 55 heavy (non-hydrogen) atoms. The number of hydrogen-bond donors (Lipinski definition) is 6. The Morgan fingerprint density at radius 3 is 2.64 bits per heavy atom. The fourth-order valence-electron chi connectivity index (χ4n) is 9.46. The summed E-state index contributed by atoms with van der Waals surface area (Å²) in [6.07, 6.45) is -9.84. The van der Waals surface area contributed by atoms with E-state index in [2.05, 4.69) is 6.07 Å². The maximum absolute atomic E-state index is 12.4. The minimum atomic E-state index is -2.18. The predicted octanol–water partition coefficient (Wildman–Crippen LogP) is -0.621. The molecular formula is C39H41N3O13. The zero-order valence-electron chi connectivity index (χ0n) is 30.0. The van der Waals surface area contributed by atoms with Gasteiger partial charge < -0.3 is 65.1 Å². The van der Waals surface area contributed by atoms with Gasteiger partial charge in [0.25, 0.3) is 0 Å². The molecule has 1 spiro atoms. The average Bonchev–Trinajstić information content (AvgIpc) is 3.70. The first-order chi connectivity index (χ1) is 26.4. The first-order valence-electron chi connectivity index (χ1n) is 18.2. The van der Waals surface area contributed by atoms with Crippen LogP contribution in [0.5, 0.6) is 28.7 Å². The molecule has 290 valence electrons. The van der Waals surface area contributed by atoms with Crippen LogP contribution < -0.4 is 45.7 Å². The molecule has 1 fully saturated rings. The number of ether oxygens (including phenoxy) is 7. The van der Waals surface area contributed by atoms with Crippen molar-refractivity contribution in [2.45, 2.75) is 86.1 Å². The number of carbonyl (C=O) groups is 2. The zero-order valence-corrected chi connectivity index (χ0v) is 30.0. The van der Waals surface area contributed by atoms with E-state index in [1.807, 2.05) is 24.3 Å². The molecule has 0 unspecified atom stereocenters. The standard InChI is InChI=1S/C39H41N3O13/c1-49-22-7-6-17-20-15-51-24-12-23-18(9-10-38(48)35(47)30(46)33(54-37(38)52-23)34(36(40)41)53-26(45)13-25(43)44)28-19-14-42-21-5-3-4-16(27(19)21)8-11-39(20,29(24)28)55-31(17)32(22)50-2/h3-7,12,20,30,33-37,46-48H,8-11,13-15,40-41H2,1-2H3,(H,43,44)/t20-,30+,33-,34-,35-,37+,38+,39+/m0/s1. The summed E-state index contributed by atoms with van der Waals surface area (Å²) in [6, 6.07) is 11.7. The van der Waals surface area contributed by atoms with Gasteiger partial charge in [0, 0.05) is 28.0 Å². The third-order valence-corrected chi connectivity index (χ3v) is 12.0. The summed E-state index contributed by atoms with van der Waals surface area (Å²) in [7, 11) is 3.15.